The van der Waals surface area contributed by atoms with Gasteiger partial charge in [0.05, 0.1) is 56.7 Å². The van der Waals surface area contributed by atoms with Crippen molar-refractivity contribution in [3.63, 3.8) is 0 Å². The number of aliphatic hydroxyl groups is 8. The predicted octanol–water partition coefficient (Wildman–Crippen LogP) is -4.14. The monoisotopic (exact) mass is 368 g/mol. The van der Waals surface area contributed by atoms with E-state index in [9.17, 15) is 20.4 Å². The summed E-state index contributed by atoms with van der Waals surface area (Å²) in [6, 6.07) is 0. The van der Waals surface area contributed by atoms with Crippen molar-refractivity contribution >= 4 is 0 Å². The van der Waals surface area contributed by atoms with Gasteiger partial charge in [-0.25, -0.2) is 0 Å². The molecule has 0 spiro atoms. The van der Waals surface area contributed by atoms with Crippen molar-refractivity contribution in [1.82, 2.24) is 9.80 Å². The van der Waals surface area contributed by atoms with Crippen LogP contribution in [0.1, 0.15) is 6.92 Å². The Bertz CT molecular complexity index is 317. The summed E-state index contributed by atoms with van der Waals surface area (Å²) >= 11 is 0. The maximum absolute atomic E-state index is 9.74. The fourth-order valence-corrected chi connectivity index (χ4v) is 2.34. The highest BCUT2D eigenvalue weighted by Gasteiger charge is 2.24. The lowest BCUT2D eigenvalue weighted by Gasteiger charge is -2.39. The molecule has 0 bridgehead atoms. The molecular weight excluding hydrogens is 336 g/mol. The second-order valence-corrected chi connectivity index (χ2v) is 5.80. The van der Waals surface area contributed by atoms with E-state index < -0.39 is 50.8 Å². The van der Waals surface area contributed by atoms with Gasteiger partial charge >= 0.3 is 0 Å². The summed E-state index contributed by atoms with van der Waals surface area (Å²) in [4.78, 5) is 2.96. The number of rotatable bonds is 14. The van der Waals surface area contributed by atoms with Crippen LogP contribution in [0.3, 0.4) is 0 Å². The van der Waals surface area contributed by atoms with Crippen LogP contribution in [0.15, 0.2) is 11.9 Å². The van der Waals surface area contributed by atoms with Gasteiger partial charge in [0.2, 0.25) is 0 Å². The van der Waals surface area contributed by atoms with Gasteiger partial charge in [0.15, 0.2) is 0 Å². The van der Waals surface area contributed by atoms with Crippen LogP contribution in [0.2, 0.25) is 0 Å². The molecule has 8 N–H and O–H groups in total. The number of hydrogen-bond donors (Lipinski definition) is 8. The maximum atomic E-state index is 9.74. The predicted molar refractivity (Wildman–Crippen MR) is 89.3 cm³/mol. The lowest BCUT2D eigenvalue weighted by molar-refractivity contribution is -0.000339. The molecule has 0 aliphatic rings. The fourth-order valence-electron chi connectivity index (χ4n) is 2.34. The molecule has 10 heteroatoms. The molecule has 25 heavy (non-hydrogen) atoms. The third-order valence-corrected chi connectivity index (χ3v) is 3.47. The summed E-state index contributed by atoms with van der Waals surface area (Å²) in [5.41, 5.74) is 0. The Labute approximate surface area is 147 Å². The molecular formula is C15H32N2O8. The summed E-state index contributed by atoms with van der Waals surface area (Å²) in [5, 5.41) is 75.2. The van der Waals surface area contributed by atoms with Gasteiger partial charge < -0.3 is 50.7 Å². The SMILES string of the molecule is CC=C(N(CC(O)CO)CC(O)CO)N(CC(O)CO)CC(O)CO. The number of aliphatic hydroxyl groups excluding tert-OH is 8. The van der Waals surface area contributed by atoms with Crippen LogP contribution in [-0.2, 0) is 0 Å². The van der Waals surface area contributed by atoms with Gasteiger partial charge in [-0.15, -0.1) is 0 Å². The van der Waals surface area contributed by atoms with Crippen LogP contribution in [0.5, 0.6) is 0 Å². The van der Waals surface area contributed by atoms with Gasteiger partial charge in [-0.05, 0) is 13.0 Å². The summed E-state index contributed by atoms with van der Waals surface area (Å²) in [6.45, 7) is -0.696. The van der Waals surface area contributed by atoms with E-state index in [2.05, 4.69) is 0 Å². The molecule has 4 atom stereocenters. The molecule has 0 saturated heterocycles. The molecule has 0 aromatic rings. The zero-order valence-electron chi connectivity index (χ0n) is 14.5. The molecule has 0 aliphatic carbocycles. The smallest absolute Gasteiger partial charge is 0.0998 e. The third-order valence-electron chi connectivity index (χ3n) is 3.47. The largest absolute Gasteiger partial charge is 0.394 e. The molecule has 4 unspecified atom stereocenters. The summed E-state index contributed by atoms with van der Waals surface area (Å²) in [7, 11) is 0. The third kappa shape index (κ3) is 9.33. The standard InChI is InChI=1S/C15H32N2O8/c1-2-15(16(3-11(22)7-18)4-12(23)8-19)17(5-13(24)9-20)6-14(25)10-21/h2,11-14,18-25H,3-10H2,1H3. The Morgan fingerprint density at radius 2 is 0.880 bits per heavy atom. The first-order chi connectivity index (χ1) is 11.8. The minimum Gasteiger partial charge on any atom is -0.394 e. The minimum atomic E-state index is -1.12. The molecule has 0 amide bonds. The van der Waals surface area contributed by atoms with Crippen LogP contribution in [0.25, 0.3) is 0 Å². The molecule has 10 nitrogen and oxygen atoms in total. The zero-order chi connectivity index (χ0) is 19.4. The topological polar surface area (TPSA) is 168 Å². The minimum absolute atomic E-state index is 0.0752. The molecule has 0 fully saturated rings. The summed E-state index contributed by atoms with van der Waals surface area (Å²) in [5.74, 6) is 0.389. The van der Waals surface area contributed by atoms with Gasteiger partial charge in [0, 0.05) is 26.2 Å². The van der Waals surface area contributed by atoms with Gasteiger partial charge in [0.25, 0.3) is 0 Å². The second-order valence-electron chi connectivity index (χ2n) is 5.80. The van der Waals surface area contributed by atoms with E-state index >= 15 is 0 Å². The van der Waals surface area contributed by atoms with Crippen molar-refractivity contribution in [2.45, 2.75) is 31.3 Å². The van der Waals surface area contributed by atoms with Gasteiger partial charge in [-0.3, -0.25) is 0 Å². The Morgan fingerprint density at radius 1 is 0.640 bits per heavy atom. The molecule has 0 radical (unpaired) electrons. The number of allylic oxidation sites excluding steroid dienone is 1. The van der Waals surface area contributed by atoms with Crippen LogP contribution >= 0.6 is 0 Å². The molecule has 0 saturated carbocycles. The van der Waals surface area contributed by atoms with E-state index in [4.69, 9.17) is 20.4 Å². The summed E-state index contributed by atoms with van der Waals surface area (Å²) in [6.07, 6.45) is -2.87. The first-order valence-corrected chi connectivity index (χ1v) is 8.14. The highest BCUT2D eigenvalue weighted by molar-refractivity contribution is 5.02. The number of nitrogens with zero attached hydrogens (tertiary/aromatic N) is 2. The molecule has 0 aromatic heterocycles. The van der Waals surface area contributed by atoms with Gasteiger partial charge in [0.1, 0.15) is 0 Å². The Hall–Kier alpha value is -0.980. The van der Waals surface area contributed by atoms with Crippen LogP contribution in [-0.4, -0.2) is 128 Å². The van der Waals surface area contributed by atoms with Crippen LogP contribution < -0.4 is 0 Å². The van der Waals surface area contributed by atoms with E-state index in [1.165, 1.54) is 9.80 Å². The average molecular weight is 368 g/mol. The van der Waals surface area contributed by atoms with Crippen LogP contribution in [0, 0.1) is 0 Å². The van der Waals surface area contributed by atoms with E-state index in [1.54, 1.807) is 13.0 Å². The first-order valence-electron chi connectivity index (χ1n) is 8.14. The highest BCUT2D eigenvalue weighted by Crippen LogP contribution is 2.15. The zero-order valence-corrected chi connectivity index (χ0v) is 14.5. The van der Waals surface area contributed by atoms with Gasteiger partial charge in [-0.1, -0.05) is 0 Å². The van der Waals surface area contributed by atoms with Crippen LogP contribution in [0.4, 0.5) is 0 Å². The highest BCUT2D eigenvalue weighted by atomic mass is 16.3. The molecule has 0 rings (SSSR count). The van der Waals surface area contributed by atoms with Crippen molar-refractivity contribution in [3.8, 4) is 0 Å². The van der Waals surface area contributed by atoms with E-state index in [0.29, 0.717) is 5.82 Å². The van der Waals surface area contributed by atoms with E-state index in [-0.39, 0.29) is 26.2 Å². The van der Waals surface area contributed by atoms with Gasteiger partial charge in [-0.2, -0.15) is 0 Å². The molecule has 0 aliphatic heterocycles. The molecule has 0 aromatic carbocycles. The maximum Gasteiger partial charge on any atom is 0.0998 e. The average Bonchev–Trinajstić information content (AvgIpc) is 2.61. The Balaban J connectivity index is 5.47. The van der Waals surface area contributed by atoms with Crippen molar-refractivity contribution in [1.29, 1.82) is 0 Å². The van der Waals surface area contributed by atoms with Crippen molar-refractivity contribution in [3.05, 3.63) is 11.9 Å². The Kier molecular flexibility index (Phi) is 12.7. The number of hydrogen-bond acceptors (Lipinski definition) is 10. The quantitative estimate of drug-likeness (QED) is 0.151. The normalized spacial score (nSPS) is 16.0. The molecule has 0 heterocycles. The van der Waals surface area contributed by atoms with Crippen molar-refractivity contribution in [2.75, 3.05) is 52.6 Å². The fraction of sp³-hybridized carbons (Fsp3) is 0.867. The second kappa shape index (κ2) is 13.3. The van der Waals surface area contributed by atoms with Crippen molar-refractivity contribution < 1.29 is 40.9 Å². The lowest BCUT2D eigenvalue weighted by atomic mass is 10.2. The van der Waals surface area contributed by atoms with E-state index in [1.807, 2.05) is 0 Å². The first kappa shape index (κ1) is 24.0. The van der Waals surface area contributed by atoms with Crippen molar-refractivity contribution in [2.24, 2.45) is 0 Å². The molecule has 150 valence electrons. The summed E-state index contributed by atoms with van der Waals surface area (Å²) < 4.78 is 0. The Morgan fingerprint density at radius 3 is 1.04 bits per heavy atom. The van der Waals surface area contributed by atoms with E-state index in [0.717, 1.165) is 0 Å². The lowest BCUT2D eigenvalue weighted by Crippen LogP contribution is -2.48.